The minimum Gasteiger partial charge on any atom is -0.458 e. The molecule has 3 aromatic rings. The zero-order valence-corrected chi connectivity index (χ0v) is 22.2. The van der Waals surface area contributed by atoms with Gasteiger partial charge in [-0.05, 0) is 43.8 Å². The van der Waals surface area contributed by atoms with E-state index in [1.807, 2.05) is 60.7 Å². The predicted molar refractivity (Wildman–Crippen MR) is 147 cm³/mol. The lowest BCUT2D eigenvalue weighted by Crippen LogP contribution is -2.42. The summed E-state index contributed by atoms with van der Waals surface area (Å²) in [6.07, 6.45) is -1.24. The molecule has 3 rings (SSSR count). The lowest BCUT2D eigenvalue weighted by atomic mass is 9.99. The topological polar surface area (TPSA) is 102 Å². The minimum absolute atomic E-state index is 0.0575. The highest BCUT2D eigenvalue weighted by molar-refractivity contribution is 5.98. The Morgan fingerprint density at radius 1 is 0.769 bits per heavy atom. The van der Waals surface area contributed by atoms with Gasteiger partial charge in [0.1, 0.15) is 6.61 Å². The smallest absolute Gasteiger partial charge is 0.349 e. The molecule has 0 saturated carbocycles. The minimum atomic E-state index is -1.13. The van der Waals surface area contributed by atoms with Crippen molar-refractivity contribution >= 4 is 23.6 Å². The molecule has 0 aromatic heterocycles. The molecule has 0 aliphatic carbocycles. The first-order valence-electron chi connectivity index (χ1n) is 12.8. The third-order valence-electron chi connectivity index (χ3n) is 5.88. The Balaban J connectivity index is 1.59. The Kier molecular flexibility index (Phi) is 11.4. The number of nitrogens with one attached hydrogen (secondary N) is 1. The Labute approximate surface area is 228 Å². The highest BCUT2D eigenvalue weighted by Gasteiger charge is 2.27. The third-order valence-corrected chi connectivity index (χ3v) is 5.88. The van der Waals surface area contributed by atoms with Crippen LogP contribution in [0.3, 0.4) is 0 Å². The number of hydrogen-bond acceptors (Lipinski definition) is 7. The van der Waals surface area contributed by atoms with Crippen LogP contribution in [-0.2, 0) is 36.9 Å². The molecule has 1 amide bonds. The SMILES string of the molecule is CN(C)C[C@H](OC(=O)CCC(=O)[C@H](Cc1ccccc1)NC(=O)c1ccccc1)C(=O)OCc1ccccc1. The Morgan fingerprint density at radius 3 is 1.92 bits per heavy atom. The molecule has 39 heavy (non-hydrogen) atoms. The van der Waals surface area contributed by atoms with E-state index in [2.05, 4.69) is 5.32 Å². The van der Waals surface area contributed by atoms with Crippen molar-refractivity contribution < 1.29 is 28.7 Å². The van der Waals surface area contributed by atoms with Crippen LogP contribution in [0.1, 0.15) is 34.3 Å². The molecular weight excluding hydrogens is 496 g/mol. The van der Waals surface area contributed by atoms with E-state index in [4.69, 9.17) is 9.47 Å². The first kappa shape index (κ1) is 29.3. The first-order valence-corrected chi connectivity index (χ1v) is 12.8. The van der Waals surface area contributed by atoms with Gasteiger partial charge in [0, 0.05) is 18.5 Å². The van der Waals surface area contributed by atoms with E-state index in [9.17, 15) is 19.2 Å². The number of ether oxygens (including phenoxy) is 2. The molecule has 3 aromatic carbocycles. The summed E-state index contributed by atoms with van der Waals surface area (Å²) in [5.41, 5.74) is 2.12. The highest BCUT2D eigenvalue weighted by Crippen LogP contribution is 2.11. The fourth-order valence-corrected chi connectivity index (χ4v) is 3.86. The highest BCUT2D eigenvalue weighted by atomic mass is 16.6. The maximum Gasteiger partial charge on any atom is 0.349 e. The predicted octanol–water partition coefficient (Wildman–Crippen LogP) is 3.59. The molecule has 0 unspecified atom stereocenters. The van der Waals surface area contributed by atoms with Crippen molar-refractivity contribution in [3.8, 4) is 0 Å². The van der Waals surface area contributed by atoms with E-state index in [1.54, 1.807) is 49.3 Å². The molecule has 1 N–H and O–H groups in total. The third kappa shape index (κ3) is 10.2. The summed E-state index contributed by atoms with van der Waals surface area (Å²) < 4.78 is 10.8. The van der Waals surface area contributed by atoms with Gasteiger partial charge < -0.3 is 19.7 Å². The summed E-state index contributed by atoms with van der Waals surface area (Å²) in [6, 6.07) is 26.3. The summed E-state index contributed by atoms with van der Waals surface area (Å²) in [4.78, 5) is 52.9. The van der Waals surface area contributed by atoms with E-state index < -0.39 is 24.1 Å². The second-order valence-corrected chi connectivity index (χ2v) is 9.38. The van der Waals surface area contributed by atoms with E-state index in [0.717, 1.165) is 11.1 Å². The van der Waals surface area contributed by atoms with E-state index >= 15 is 0 Å². The van der Waals surface area contributed by atoms with Crippen LogP contribution in [0.5, 0.6) is 0 Å². The molecule has 8 heteroatoms. The molecule has 0 aliphatic rings. The molecular formula is C31H34N2O6. The van der Waals surface area contributed by atoms with Crippen molar-refractivity contribution in [3.05, 3.63) is 108 Å². The van der Waals surface area contributed by atoms with Crippen molar-refractivity contribution in [2.45, 2.75) is 38.0 Å². The molecule has 2 atom stereocenters. The molecule has 0 saturated heterocycles. The van der Waals surface area contributed by atoms with Crippen molar-refractivity contribution in [2.24, 2.45) is 0 Å². The number of likely N-dealkylation sites (N-methyl/N-ethyl adjacent to an activating group) is 1. The van der Waals surface area contributed by atoms with Crippen molar-refractivity contribution in [3.63, 3.8) is 0 Å². The number of carbonyl (C=O) groups excluding carboxylic acids is 4. The summed E-state index contributed by atoms with van der Waals surface area (Å²) in [6.45, 7) is 0.193. The maximum atomic E-state index is 13.2. The Morgan fingerprint density at radius 2 is 1.33 bits per heavy atom. The number of carbonyl (C=O) groups is 4. The second kappa shape index (κ2) is 15.2. The summed E-state index contributed by atoms with van der Waals surface area (Å²) in [7, 11) is 3.50. The quantitative estimate of drug-likeness (QED) is 0.318. The Hall–Kier alpha value is -4.30. The summed E-state index contributed by atoms with van der Waals surface area (Å²) in [5, 5.41) is 2.80. The van der Waals surface area contributed by atoms with Crippen LogP contribution in [0.2, 0.25) is 0 Å². The van der Waals surface area contributed by atoms with E-state index in [1.165, 1.54) is 0 Å². The average Bonchev–Trinajstić information content (AvgIpc) is 2.95. The monoisotopic (exact) mass is 530 g/mol. The van der Waals surface area contributed by atoms with Crippen LogP contribution in [0, 0.1) is 0 Å². The molecule has 8 nitrogen and oxygen atoms in total. The molecule has 204 valence electrons. The zero-order chi connectivity index (χ0) is 28.0. The van der Waals surface area contributed by atoms with Gasteiger partial charge in [-0.15, -0.1) is 0 Å². The van der Waals surface area contributed by atoms with Gasteiger partial charge in [-0.2, -0.15) is 0 Å². The van der Waals surface area contributed by atoms with Gasteiger partial charge in [-0.25, -0.2) is 4.79 Å². The van der Waals surface area contributed by atoms with Crippen molar-refractivity contribution in [1.29, 1.82) is 0 Å². The van der Waals surface area contributed by atoms with Gasteiger partial charge in [0.15, 0.2) is 5.78 Å². The van der Waals surface area contributed by atoms with Gasteiger partial charge in [0.2, 0.25) is 6.10 Å². The molecule has 0 heterocycles. The summed E-state index contributed by atoms with van der Waals surface area (Å²) in [5.74, 6) is -2.04. The molecule has 0 fully saturated rings. The molecule has 0 bridgehead atoms. The standard InChI is InChI=1S/C31H34N2O6/c1-33(2)21-28(31(37)38-22-24-14-8-4-9-15-24)39-29(35)19-18-27(34)26(20-23-12-6-3-7-13-23)32-30(36)25-16-10-5-11-17-25/h3-17,26,28H,18-22H2,1-2H3,(H,32,36)/t26-,28-/m0/s1. The van der Waals surface area contributed by atoms with Crippen LogP contribution in [0.4, 0.5) is 0 Å². The van der Waals surface area contributed by atoms with Gasteiger partial charge in [-0.3, -0.25) is 14.4 Å². The number of amides is 1. The van der Waals surface area contributed by atoms with Gasteiger partial charge in [-0.1, -0.05) is 78.9 Å². The van der Waals surface area contributed by atoms with Crippen LogP contribution >= 0.6 is 0 Å². The number of rotatable bonds is 14. The number of benzene rings is 3. The first-order chi connectivity index (χ1) is 18.8. The number of ketones is 1. The second-order valence-electron chi connectivity index (χ2n) is 9.38. The van der Waals surface area contributed by atoms with Gasteiger partial charge in [0.25, 0.3) is 5.91 Å². The number of hydrogen-bond donors (Lipinski definition) is 1. The van der Waals surface area contributed by atoms with E-state index in [0.29, 0.717) is 5.56 Å². The molecule has 0 radical (unpaired) electrons. The normalized spacial score (nSPS) is 12.3. The fourth-order valence-electron chi connectivity index (χ4n) is 3.86. The number of nitrogens with zero attached hydrogens (tertiary/aromatic N) is 1. The van der Waals surface area contributed by atoms with Crippen molar-refractivity contribution in [1.82, 2.24) is 10.2 Å². The lowest BCUT2D eigenvalue weighted by molar-refractivity contribution is -0.169. The van der Waals surface area contributed by atoms with Gasteiger partial charge >= 0.3 is 11.9 Å². The average molecular weight is 531 g/mol. The number of esters is 2. The van der Waals surface area contributed by atoms with Crippen LogP contribution in [0.15, 0.2) is 91.0 Å². The zero-order valence-electron chi connectivity index (χ0n) is 22.2. The maximum absolute atomic E-state index is 13.2. The molecule has 0 spiro atoms. The molecule has 0 aliphatic heterocycles. The fraction of sp³-hybridized carbons (Fsp3) is 0.290. The van der Waals surface area contributed by atoms with Crippen LogP contribution < -0.4 is 5.32 Å². The van der Waals surface area contributed by atoms with Crippen molar-refractivity contribution in [2.75, 3.05) is 20.6 Å². The van der Waals surface area contributed by atoms with E-state index in [-0.39, 0.29) is 44.1 Å². The van der Waals surface area contributed by atoms with Crippen LogP contribution in [0.25, 0.3) is 0 Å². The van der Waals surface area contributed by atoms with Gasteiger partial charge in [0.05, 0.1) is 12.5 Å². The Bertz CT molecular complexity index is 1220. The number of Topliss-reactive ketones (excluding diaryl/α,β-unsaturated/α-hetero) is 1. The largest absolute Gasteiger partial charge is 0.458 e. The van der Waals surface area contributed by atoms with Crippen LogP contribution in [-0.4, -0.2) is 61.3 Å². The lowest BCUT2D eigenvalue weighted by Gasteiger charge is -2.21. The summed E-state index contributed by atoms with van der Waals surface area (Å²) >= 11 is 0.